The fourth-order valence-electron chi connectivity index (χ4n) is 0.104. The first-order valence-corrected chi connectivity index (χ1v) is 1.66. The first-order valence-electron chi connectivity index (χ1n) is 1.66. The van der Waals surface area contributed by atoms with Gasteiger partial charge in [-0.3, -0.25) is 0 Å². The fourth-order valence-corrected chi connectivity index (χ4v) is 0.104. The number of nitrogens with zero attached hydrogens (tertiary/aromatic N) is 1. The quantitative estimate of drug-likeness (QED) is 0.280. The summed E-state index contributed by atoms with van der Waals surface area (Å²) in [5.74, 6) is 0. The molecular weight excluding hydrogens is 78.0 g/mol. The van der Waals surface area contributed by atoms with E-state index in [2.05, 4.69) is 16.6 Å². The van der Waals surface area contributed by atoms with Crippen LogP contribution in [0.25, 0.3) is 0 Å². The van der Waals surface area contributed by atoms with Crippen LogP contribution in [-0.2, 0) is 4.84 Å². The Hall–Kier alpha value is -0.790. The molecular formula is C4H7NO. The number of hydrogen-bond acceptors (Lipinski definition) is 2. The molecule has 0 N–H and O–H groups in total. The maximum atomic E-state index is 4.32. The van der Waals surface area contributed by atoms with E-state index in [0.29, 0.717) is 0 Å². The van der Waals surface area contributed by atoms with Crippen molar-refractivity contribution in [3.05, 3.63) is 12.8 Å². The van der Waals surface area contributed by atoms with Crippen molar-refractivity contribution in [2.45, 2.75) is 6.92 Å². The van der Waals surface area contributed by atoms with Crippen LogP contribution in [0.2, 0.25) is 0 Å². The van der Waals surface area contributed by atoms with Crippen molar-refractivity contribution in [3.8, 4) is 0 Å². The lowest BCUT2D eigenvalue weighted by Crippen LogP contribution is -1.61. The summed E-state index contributed by atoms with van der Waals surface area (Å²) in [5, 5.41) is 3.35. The second-order valence-corrected chi connectivity index (χ2v) is 0.636. The van der Waals surface area contributed by atoms with Gasteiger partial charge in [0.15, 0.2) is 0 Å². The van der Waals surface area contributed by atoms with Crippen LogP contribution in [0.15, 0.2) is 18.0 Å². The summed E-state index contributed by atoms with van der Waals surface area (Å²) in [6, 6.07) is 0. The number of oxime groups is 1. The topological polar surface area (TPSA) is 21.6 Å². The van der Waals surface area contributed by atoms with Gasteiger partial charge in [-0.05, 0) is 6.92 Å². The van der Waals surface area contributed by atoms with Crippen molar-refractivity contribution in [1.82, 2.24) is 0 Å². The summed E-state index contributed by atoms with van der Waals surface area (Å²) in [6.45, 7) is 5.03. The Balaban J connectivity index is 2.85. The Bertz CT molecular complexity index is 58.6. The van der Waals surface area contributed by atoms with E-state index in [9.17, 15) is 0 Å². The van der Waals surface area contributed by atoms with E-state index in [1.807, 2.05) is 0 Å². The highest BCUT2D eigenvalue weighted by Crippen LogP contribution is 1.68. The summed E-state index contributed by atoms with van der Waals surface area (Å²) >= 11 is 0. The van der Waals surface area contributed by atoms with E-state index in [0.717, 1.165) is 0 Å². The molecule has 0 aliphatic carbocycles. The van der Waals surface area contributed by atoms with E-state index in [-0.39, 0.29) is 0 Å². The number of hydrogen-bond donors (Lipinski definition) is 0. The van der Waals surface area contributed by atoms with Crippen LogP contribution in [0, 0.1) is 0 Å². The third-order valence-corrected chi connectivity index (χ3v) is 0.241. The molecule has 0 spiro atoms. The molecule has 0 fully saturated rings. The van der Waals surface area contributed by atoms with Gasteiger partial charge >= 0.3 is 0 Å². The Morgan fingerprint density at radius 3 is 2.67 bits per heavy atom. The predicted octanol–water partition coefficient (Wildman–Crippen LogP) is 1.15. The normalized spacial score (nSPS) is 8.83. The van der Waals surface area contributed by atoms with Crippen molar-refractivity contribution in [1.29, 1.82) is 0 Å². The van der Waals surface area contributed by atoms with Crippen molar-refractivity contribution < 1.29 is 4.84 Å². The molecule has 0 aromatic carbocycles. The minimum absolute atomic E-state index is 1.26. The summed E-state index contributed by atoms with van der Waals surface area (Å²) in [6.07, 6.45) is 2.81. The molecule has 0 aromatic rings. The molecule has 2 nitrogen and oxygen atoms in total. The highest BCUT2D eigenvalue weighted by atomic mass is 16.6. The summed E-state index contributed by atoms with van der Waals surface area (Å²) in [5.41, 5.74) is 0. The lowest BCUT2D eigenvalue weighted by atomic mass is 10.9. The minimum Gasteiger partial charge on any atom is -0.366 e. The van der Waals surface area contributed by atoms with Crippen LogP contribution < -0.4 is 0 Å². The molecule has 2 heteroatoms. The van der Waals surface area contributed by atoms with Crippen molar-refractivity contribution in [2.24, 2.45) is 5.16 Å². The van der Waals surface area contributed by atoms with Gasteiger partial charge in [0.2, 0.25) is 0 Å². The molecule has 0 atom stereocenters. The second-order valence-electron chi connectivity index (χ2n) is 0.636. The van der Waals surface area contributed by atoms with Gasteiger partial charge in [-0.15, -0.1) is 0 Å². The lowest BCUT2D eigenvalue weighted by Gasteiger charge is -1.77. The van der Waals surface area contributed by atoms with Crippen molar-refractivity contribution in [2.75, 3.05) is 0 Å². The minimum atomic E-state index is 1.26. The van der Waals surface area contributed by atoms with Crippen LogP contribution in [0.5, 0.6) is 0 Å². The van der Waals surface area contributed by atoms with Gasteiger partial charge in [0.05, 0.1) is 0 Å². The molecule has 0 saturated heterocycles. The van der Waals surface area contributed by atoms with Crippen LogP contribution in [0.3, 0.4) is 0 Å². The van der Waals surface area contributed by atoms with Gasteiger partial charge in [-0.1, -0.05) is 11.7 Å². The van der Waals surface area contributed by atoms with Gasteiger partial charge in [0, 0.05) is 6.21 Å². The predicted molar refractivity (Wildman–Crippen MR) is 25.4 cm³/mol. The molecule has 34 valence electrons. The third kappa shape index (κ3) is 3.21. The van der Waals surface area contributed by atoms with E-state index in [1.54, 1.807) is 13.1 Å². The molecule has 0 amide bonds. The third-order valence-electron chi connectivity index (χ3n) is 0.241. The monoisotopic (exact) mass is 85.1 g/mol. The molecule has 0 rings (SSSR count). The van der Waals surface area contributed by atoms with Crippen LogP contribution in [-0.4, -0.2) is 6.21 Å². The van der Waals surface area contributed by atoms with E-state index >= 15 is 0 Å². The van der Waals surface area contributed by atoms with Crippen molar-refractivity contribution in [3.63, 3.8) is 0 Å². The largest absolute Gasteiger partial charge is 0.366 e. The van der Waals surface area contributed by atoms with E-state index in [4.69, 9.17) is 0 Å². The average Bonchev–Trinajstić information content (AvgIpc) is 1.61. The van der Waals surface area contributed by atoms with Gasteiger partial charge in [-0.2, -0.15) is 0 Å². The molecule has 0 heterocycles. The van der Waals surface area contributed by atoms with Crippen LogP contribution in [0.1, 0.15) is 6.92 Å². The van der Waals surface area contributed by atoms with E-state index in [1.165, 1.54) is 6.26 Å². The molecule has 0 aromatic heterocycles. The molecule has 6 heavy (non-hydrogen) atoms. The SMILES string of the molecule is C=CO/N=C\C. The Morgan fingerprint density at radius 2 is 2.50 bits per heavy atom. The highest BCUT2D eigenvalue weighted by molar-refractivity contribution is 5.52. The molecule has 0 saturated carbocycles. The van der Waals surface area contributed by atoms with Crippen molar-refractivity contribution >= 4 is 6.21 Å². The van der Waals surface area contributed by atoms with E-state index < -0.39 is 0 Å². The Morgan fingerprint density at radius 1 is 1.83 bits per heavy atom. The summed E-state index contributed by atoms with van der Waals surface area (Å²) in [7, 11) is 0. The molecule has 0 unspecified atom stereocenters. The highest BCUT2D eigenvalue weighted by Gasteiger charge is 1.53. The standard InChI is InChI=1S/C4H7NO/c1-3-5-6-4-2/h3-4H,2H2,1H3/b5-3-. The first-order chi connectivity index (χ1) is 2.91. The fraction of sp³-hybridized carbons (Fsp3) is 0.250. The molecule has 0 bridgehead atoms. The smallest absolute Gasteiger partial charge is 0.114 e. The Kier molecular flexibility index (Phi) is 3.66. The second kappa shape index (κ2) is 4.21. The zero-order chi connectivity index (χ0) is 4.83. The van der Waals surface area contributed by atoms with Gasteiger partial charge in [0.1, 0.15) is 6.26 Å². The summed E-state index contributed by atoms with van der Waals surface area (Å²) < 4.78 is 0. The van der Waals surface area contributed by atoms with Gasteiger partial charge in [0.25, 0.3) is 0 Å². The Labute approximate surface area is 37.1 Å². The summed E-state index contributed by atoms with van der Waals surface area (Å²) in [4.78, 5) is 4.32. The maximum Gasteiger partial charge on any atom is 0.114 e. The zero-order valence-corrected chi connectivity index (χ0v) is 3.72. The molecule has 0 aliphatic heterocycles. The zero-order valence-electron chi connectivity index (χ0n) is 3.72. The maximum absolute atomic E-state index is 4.32. The van der Waals surface area contributed by atoms with Crippen LogP contribution >= 0.6 is 0 Å². The van der Waals surface area contributed by atoms with Gasteiger partial charge in [-0.25, -0.2) is 0 Å². The first kappa shape index (κ1) is 5.21. The average molecular weight is 85.1 g/mol. The van der Waals surface area contributed by atoms with Crippen LogP contribution in [0.4, 0.5) is 0 Å². The lowest BCUT2D eigenvalue weighted by molar-refractivity contribution is 0.271. The molecule has 0 aliphatic rings. The molecule has 0 radical (unpaired) electrons. The number of rotatable bonds is 2. The van der Waals surface area contributed by atoms with Gasteiger partial charge < -0.3 is 4.84 Å².